The number of nitrogens with two attached hydrogens (primary N) is 2. The number of aliphatic hydroxyl groups is 1. The van der Waals surface area contributed by atoms with Crippen molar-refractivity contribution < 1.29 is 110 Å². The van der Waals surface area contributed by atoms with E-state index in [-0.39, 0.29) is 73.7 Å². The molecule has 14 aromatic rings. The number of rotatable bonds is 13. The van der Waals surface area contributed by atoms with E-state index in [4.69, 9.17) is 27.8 Å². The van der Waals surface area contributed by atoms with Crippen molar-refractivity contribution in [3.63, 3.8) is 0 Å². The summed E-state index contributed by atoms with van der Waals surface area (Å²) in [5, 5.41) is 94.5. The Kier molecular flexibility index (Phi) is 38.7. The van der Waals surface area contributed by atoms with Crippen molar-refractivity contribution in [1.29, 1.82) is 5.53 Å². The van der Waals surface area contributed by atoms with E-state index in [2.05, 4.69) is 67.3 Å². The minimum absolute atomic E-state index is 0. The molecule has 119 heavy (non-hydrogen) atoms. The molecule has 7 N–H and O–H groups in total. The normalized spacial score (nSPS) is 10.5. The number of nitro benzene ring substituents is 4. The molecule has 0 amide bonds. The van der Waals surface area contributed by atoms with Gasteiger partial charge in [-0.3, -0.25) is 59.8 Å². The van der Waals surface area contributed by atoms with Gasteiger partial charge < -0.3 is 35.4 Å². The van der Waals surface area contributed by atoms with Crippen LogP contribution < -0.4 is 31.2 Å². The molecule has 14 rings (SSSR count). The van der Waals surface area contributed by atoms with Crippen LogP contribution in [0.15, 0.2) is 237 Å². The number of pyridine rings is 7. The zero-order valence-corrected chi connectivity index (χ0v) is 67.7. The van der Waals surface area contributed by atoms with Crippen LogP contribution in [0.2, 0.25) is 0 Å². The first-order valence-electron chi connectivity index (χ1n) is 34.0. The first-order valence-corrected chi connectivity index (χ1v) is 34.0. The molecular weight excluding hydrogens is 1630 g/mol. The molecule has 3 atom stereocenters. The van der Waals surface area contributed by atoms with Gasteiger partial charge in [-0.2, -0.15) is 31.4 Å². The number of aromatic hydroxyl groups is 1. The summed E-state index contributed by atoms with van der Waals surface area (Å²) in [6.07, 6.45) is 27.8. The van der Waals surface area contributed by atoms with Gasteiger partial charge in [-0.25, -0.2) is 32.2 Å². The Morgan fingerprint density at radius 2 is 1.01 bits per heavy atom. The third-order valence-electron chi connectivity index (χ3n) is 15.6. The molecule has 12 aromatic heterocycles. The third-order valence-corrected chi connectivity index (χ3v) is 15.6. The van der Waals surface area contributed by atoms with Gasteiger partial charge in [0.2, 0.25) is 18.1 Å². The summed E-state index contributed by atoms with van der Waals surface area (Å²) in [5.74, 6) is 4.73. The number of methoxy groups -OCH3 is 2. The van der Waals surface area contributed by atoms with Gasteiger partial charge in [0, 0.05) is 159 Å². The number of hydrogen-bond donors (Lipinski definition) is 5. The average molecular weight is 1700 g/mol. The van der Waals surface area contributed by atoms with E-state index in [1.54, 1.807) is 125 Å². The van der Waals surface area contributed by atoms with Gasteiger partial charge in [0.1, 0.15) is 5.56 Å². The van der Waals surface area contributed by atoms with E-state index in [9.17, 15) is 74.6 Å². The van der Waals surface area contributed by atoms with Gasteiger partial charge in [0.25, 0.3) is 11.4 Å². The van der Waals surface area contributed by atoms with E-state index in [1.165, 1.54) is 58.1 Å². The number of nitrogens with zero attached hydrogens (tertiary/aromatic N) is 19. The first kappa shape index (κ1) is 96.0. The molecule has 0 spiro atoms. The molecule has 0 aliphatic carbocycles. The van der Waals surface area contributed by atoms with Crippen molar-refractivity contribution in [1.82, 2.24) is 53.1 Å². The fourth-order valence-electron chi connectivity index (χ4n) is 9.31. The number of aromatic nitrogens is 12. The average Bonchev–Trinajstić information content (AvgIpc) is 1.65. The second kappa shape index (κ2) is 48.0. The second-order valence-corrected chi connectivity index (χ2v) is 23.8. The van der Waals surface area contributed by atoms with Gasteiger partial charge in [-0.15, -0.1) is 12.2 Å². The Morgan fingerprint density at radius 1 is 0.571 bits per heavy atom. The number of carbonyl (C=O) groups is 5. The number of non-ortho nitro benzene ring substituents is 2. The number of phenolic OH excluding ortho intramolecular Hbond substituents is 1. The molecule has 42 heteroatoms. The zero-order chi connectivity index (χ0) is 87.3. The van der Waals surface area contributed by atoms with Crippen molar-refractivity contribution in [3.05, 3.63) is 327 Å². The molecular formula is C77H76N22O19Y. The van der Waals surface area contributed by atoms with Gasteiger partial charge in [0.05, 0.1) is 92.0 Å². The molecule has 0 bridgehead atoms. The summed E-state index contributed by atoms with van der Waals surface area (Å²) in [6, 6.07) is 38.3. The maximum atomic E-state index is 11.4. The summed E-state index contributed by atoms with van der Waals surface area (Å²) in [7, 11) is 2.54. The van der Waals surface area contributed by atoms with Crippen molar-refractivity contribution in [3.8, 4) is 23.8 Å². The number of Topliss-reactive ketones (excluding diaryl/α,β-unsaturated/α-hetero) is 3. The van der Waals surface area contributed by atoms with Crippen LogP contribution in [0.25, 0.3) is 43.8 Å². The number of carbonyl (C=O) groups excluding carboxylic acids is 5. The van der Waals surface area contributed by atoms with Crippen LogP contribution in [0, 0.1) is 58.3 Å². The summed E-state index contributed by atoms with van der Waals surface area (Å²) in [4.78, 5) is 103. The Balaban J connectivity index is 0.000000280. The Morgan fingerprint density at radius 3 is 1.42 bits per heavy atom. The number of fused-ring (bicyclic) bond motifs is 5. The molecule has 0 saturated carbocycles. The van der Waals surface area contributed by atoms with Crippen LogP contribution in [0.5, 0.6) is 11.5 Å². The number of terminal acetylenes is 1. The predicted octanol–water partition coefficient (Wildman–Crippen LogP) is 10.4. The molecule has 0 aliphatic heterocycles. The van der Waals surface area contributed by atoms with E-state index in [0.717, 1.165) is 79.0 Å². The number of azide groups is 1. The van der Waals surface area contributed by atoms with Gasteiger partial charge in [-0.05, 0) is 177 Å². The molecule has 0 fully saturated rings. The monoisotopic (exact) mass is 1700 g/mol. The third kappa shape index (κ3) is 30.2. The Bertz CT molecular complexity index is 5970. The number of ether oxygens (including phenoxy) is 2. The molecule has 12 heterocycles. The number of phenols is 1. The minimum atomic E-state index is -0.887. The zero-order valence-electron chi connectivity index (χ0n) is 64.8. The Labute approximate surface area is 699 Å². The maximum absolute atomic E-state index is 11.4. The summed E-state index contributed by atoms with van der Waals surface area (Å²) in [5.41, 5.74) is 29.1. The number of hydrogen-bond acceptors (Lipinski definition) is 29. The number of aliphatic hydroxyl groups excluding tert-OH is 1. The van der Waals surface area contributed by atoms with E-state index >= 15 is 0 Å². The summed E-state index contributed by atoms with van der Waals surface area (Å²) < 4.78 is 18.4. The molecule has 2 aromatic carbocycles. The van der Waals surface area contributed by atoms with Crippen LogP contribution >= 0.6 is 0 Å². The molecule has 1 radical (unpaired) electrons. The van der Waals surface area contributed by atoms with E-state index in [0.29, 0.717) is 33.5 Å². The van der Waals surface area contributed by atoms with Crippen LogP contribution in [0.1, 0.15) is 125 Å². The van der Waals surface area contributed by atoms with Crippen LogP contribution in [0.3, 0.4) is 0 Å². The molecule has 0 aliphatic rings. The van der Waals surface area contributed by atoms with Crippen LogP contribution in [0.4, 0.5) is 22.7 Å². The molecule has 3 unspecified atom stereocenters. The standard InChI is InChI=1S/C11H10N2O3.C9H9N5.C9H11N3.C9H10N2O.C9H8N2O.C7H8N2O.C7H7NO.C6H5N3O5.C6H4N2O5.C4H4O2.Y/c1-7(14)8-3-4-13-10(5-8)9(6-12-13)11(15)16-2;1-7(12-13-10)8-3-5-14-9(6-8)2-4-11-14;1-7(10)8-3-5-12-9(6-8)2-4-11-12;2*1-7(12)8-3-5-11-9(6-8)2-4-10-11;1-6(10)7-2-4-9(8)5-3-7;1-6(9)7-2-4-8-5-3-7;7-14-6-2-1-4(8(10)11)3-5(6)9(12)13;9-6-2-1-4(7(10)11)3-5(6)8(12)13;1-3-4(5)6-2;/h3-6H,1-2H3;2-7H,1H3;2-7H,10H2,1H3;2-7,12H,1H3;2-6H,1H3;2-5H,1H3,(H-,8,10);2-5H,1H3;1-3H,7H2;1-3,9H;1H,2H3;. The quantitative estimate of drug-likeness (QED) is 0.00684. The smallest absolute Gasteiger partial charge is 0.383 e. The van der Waals surface area contributed by atoms with Gasteiger partial charge in [0.15, 0.2) is 23.1 Å². The van der Waals surface area contributed by atoms with Crippen molar-refractivity contribution in [2.75, 3.05) is 14.2 Å². The molecule has 0 saturated heterocycles. The first-order chi connectivity index (χ1) is 56.1. The number of nitro groups is 4. The van der Waals surface area contributed by atoms with Crippen LogP contribution in [-0.4, -0.2) is 126 Å². The second-order valence-electron chi connectivity index (χ2n) is 23.8. The summed E-state index contributed by atoms with van der Waals surface area (Å²) >= 11 is 0. The SMILES string of the molecule is C#CC(=O)OC.CC(=O)c1ccn2nccc2c1.CC(=O)c1ccncc1.CC(N)c1ccn2nccc2c1.CC(N=[N+]=[N-])c1ccn2nccc2c1.CC(O)c1ccn2nccc2c1.CC([O-])=c1cc[n+](=N)cc1.COC(=O)c1cnn2ccc(C(C)=O)cc12.NOc1ccc([N+](=O)[O-])cc1[N+](=O)[O-].O=[N+]([O-])c1ccc(O)c([N+](=O)[O-])c1.[Y]. The Hall–Kier alpha value is -15.3. The van der Waals surface area contributed by atoms with E-state index in [1.807, 2.05) is 97.6 Å². The van der Waals surface area contributed by atoms with Crippen LogP contribution in [-0.2, 0) is 47.0 Å². The van der Waals surface area contributed by atoms with Gasteiger partial charge >= 0.3 is 23.3 Å². The van der Waals surface area contributed by atoms with Crippen molar-refractivity contribution in [2.45, 2.75) is 66.7 Å². The fraction of sp³-hybridized carbons (Fsp3) is 0.156. The largest absolute Gasteiger partial charge is 0.875 e. The number of ketones is 3. The van der Waals surface area contributed by atoms with E-state index < -0.39 is 66.2 Å². The molecule has 41 nitrogen and oxygen atoms in total. The summed E-state index contributed by atoms with van der Waals surface area (Å²) in [6.45, 7) is 11.7. The predicted molar refractivity (Wildman–Crippen MR) is 423 cm³/mol. The van der Waals surface area contributed by atoms with Crippen molar-refractivity contribution in [2.24, 2.45) is 16.7 Å². The number of nitrogens with one attached hydrogen (secondary N) is 1. The number of esters is 2. The maximum Gasteiger partial charge on any atom is 0.383 e. The minimum Gasteiger partial charge on any atom is -0.875 e. The number of benzene rings is 2. The molecule has 611 valence electrons. The van der Waals surface area contributed by atoms with Crippen molar-refractivity contribution >= 4 is 85.4 Å². The van der Waals surface area contributed by atoms with Gasteiger partial charge in [-0.1, -0.05) is 23.3 Å². The fourth-order valence-corrected chi connectivity index (χ4v) is 9.31. The topological polar surface area (TPSA) is 579 Å².